The highest BCUT2D eigenvalue weighted by atomic mass is 35.5. The molecule has 0 aromatic heterocycles. The minimum absolute atomic E-state index is 0.468. The van der Waals surface area contributed by atoms with E-state index in [0.717, 1.165) is 17.2 Å². The van der Waals surface area contributed by atoms with Gasteiger partial charge in [-0.3, -0.25) is 0 Å². The van der Waals surface area contributed by atoms with Crippen LogP contribution in [0.25, 0.3) is 0 Å². The third-order valence-electron chi connectivity index (χ3n) is 2.48. The van der Waals surface area contributed by atoms with Crippen molar-refractivity contribution in [2.75, 3.05) is 20.3 Å². The third kappa shape index (κ3) is 4.38. The van der Waals surface area contributed by atoms with E-state index < -0.39 is 0 Å². The molecule has 0 radical (unpaired) electrons. The van der Waals surface area contributed by atoms with E-state index in [0.29, 0.717) is 18.2 Å². The molecule has 2 aromatic carbocycles. The molecule has 0 saturated carbocycles. The van der Waals surface area contributed by atoms with E-state index >= 15 is 0 Å². The van der Waals surface area contributed by atoms with E-state index in [1.54, 1.807) is 19.2 Å². The van der Waals surface area contributed by atoms with Crippen LogP contribution in [-0.4, -0.2) is 20.3 Å². The zero-order chi connectivity index (χ0) is 13.5. The van der Waals surface area contributed by atoms with Gasteiger partial charge in [-0.2, -0.15) is 0 Å². The first kappa shape index (κ1) is 13.6. The molecule has 19 heavy (non-hydrogen) atoms. The van der Waals surface area contributed by atoms with Crippen LogP contribution in [0.4, 0.5) is 0 Å². The van der Waals surface area contributed by atoms with Gasteiger partial charge >= 0.3 is 0 Å². The summed E-state index contributed by atoms with van der Waals surface area (Å²) in [6.45, 7) is 0.939. The van der Waals surface area contributed by atoms with Gasteiger partial charge in [-0.25, -0.2) is 0 Å². The van der Waals surface area contributed by atoms with Crippen molar-refractivity contribution >= 4 is 11.6 Å². The molecule has 0 spiro atoms. The summed E-state index contributed by atoms with van der Waals surface area (Å²) in [5.74, 6) is 2.31. The summed E-state index contributed by atoms with van der Waals surface area (Å²) in [7, 11) is 1.63. The molecule has 4 heteroatoms. The predicted molar refractivity (Wildman–Crippen MR) is 75.4 cm³/mol. The molecule has 0 unspecified atom stereocenters. The molecular weight excluding hydrogens is 264 g/mol. The maximum absolute atomic E-state index is 5.79. The molecule has 0 heterocycles. The van der Waals surface area contributed by atoms with Crippen LogP contribution in [0, 0.1) is 0 Å². The zero-order valence-corrected chi connectivity index (χ0v) is 11.4. The molecule has 0 N–H and O–H groups in total. The summed E-state index contributed by atoms with van der Waals surface area (Å²) in [6.07, 6.45) is 0. The maximum atomic E-state index is 5.79. The second-order valence-electron chi connectivity index (χ2n) is 3.83. The van der Waals surface area contributed by atoms with Gasteiger partial charge in [-0.15, -0.1) is 0 Å². The quantitative estimate of drug-likeness (QED) is 0.752. The molecular formula is C15H15ClO3. The van der Waals surface area contributed by atoms with Crippen LogP contribution in [0.3, 0.4) is 0 Å². The fraction of sp³-hybridized carbons (Fsp3) is 0.200. The van der Waals surface area contributed by atoms with Crippen LogP contribution in [-0.2, 0) is 0 Å². The molecule has 0 amide bonds. The molecule has 2 aromatic rings. The SMILES string of the molecule is COc1cccc(OCCOc2ccc(Cl)cc2)c1. The molecule has 0 aliphatic heterocycles. The highest BCUT2D eigenvalue weighted by Crippen LogP contribution is 2.19. The number of hydrogen-bond acceptors (Lipinski definition) is 3. The van der Waals surface area contributed by atoms with Crippen molar-refractivity contribution in [3.8, 4) is 17.2 Å². The van der Waals surface area contributed by atoms with Crippen molar-refractivity contribution in [3.63, 3.8) is 0 Å². The molecule has 2 rings (SSSR count). The molecule has 3 nitrogen and oxygen atoms in total. The summed E-state index contributed by atoms with van der Waals surface area (Å²) >= 11 is 5.79. The Morgan fingerprint density at radius 2 is 1.47 bits per heavy atom. The second kappa shape index (κ2) is 6.90. The number of hydrogen-bond donors (Lipinski definition) is 0. The fourth-order valence-corrected chi connectivity index (χ4v) is 1.67. The van der Waals surface area contributed by atoms with E-state index in [2.05, 4.69) is 0 Å². The van der Waals surface area contributed by atoms with Gasteiger partial charge in [0.05, 0.1) is 7.11 Å². The van der Waals surface area contributed by atoms with Crippen LogP contribution < -0.4 is 14.2 Å². The summed E-state index contributed by atoms with van der Waals surface area (Å²) in [5.41, 5.74) is 0. The Labute approximate surface area is 117 Å². The van der Waals surface area contributed by atoms with Crippen LogP contribution in [0.5, 0.6) is 17.2 Å². The van der Waals surface area contributed by atoms with Gasteiger partial charge in [0.15, 0.2) is 0 Å². The zero-order valence-electron chi connectivity index (χ0n) is 10.6. The van der Waals surface area contributed by atoms with Crippen molar-refractivity contribution in [1.82, 2.24) is 0 Å². The Morgan fingerprint density at radius 1 is 0.842 bits per heavy atom. The van der Waals surface area contributed by atoms with E-state index in [9.17, 15) is 0 Å². The molecule has 0 bridgehead atoms. The van der Waals surface area contributed by atoms with Gasteiger partial charge in [0.1, 0.15) is 30.5 Å². The average molecular weight is 279 g/mol. The topological polar surface area (TPSA) is 27.7 Å². The number of benzene rings is 2. The summed E-state index contributed by atoms with van der Waals surface area (Å²) < 4.78 is 16.2. The molecule has 100 valence electrons. The number of methoxy groups -OCH3 is 1. The number of rotatable bonds is 6. The van der Waals surface area contributed by atoms with Crippen molar-refractivity contribution in [2.24, 2.45) is 0 Å². The van der Waals surface area contributed by atoms with Crippen molar-refractivity contribution < 1.29 is 14.2 Å². The lowest BCUT2D eigenvalue weighted by Gasteiger charge is -2.09. The molecule has 0 saturated heterocycles. The van der Waals surface area contributed by atoms with Gasteiger partial charge in [0.25, 0.3) is 0 Å². The minimum Gasteiger partial charge on any atom is -0.497 e. The lowest BCUT2D eigenvalue weighted by molar-refractivity contribution is 0.216. The first-order chi connectivity index (χ1) is 9.28. The Balaban J connectivity index is 1.75. The molecule has 0 aliphatic rings. The molecule has 0 aliphatic carbocycles. The first-order valence-corrected chi connectivity index (χ1v) is 6.31. The van der Waals surface area contributed by atoms with Crippen LogP contribution in [0.15, 0.2) is 48.5 Å². The highest BCUT2D eigenvalue weighted by molar-refractivity contribution is 6.30. The van der Waals surface area contributed by atoms with Gasteiger partial charge in [0.2, 0.25) is 0 Å². The van der Waals surface area contributed by atoms with Crippen molar-refractivity contribution in [3.05, 3.63) is 53.6 Å². The minimum atomic E-state index is 0.468. The smallest absolute Gasteiger partial charge is 0.123 e. The van der Waals surface area contributed by atoms with Crippen LogP contribution in [0.2, 0.25) is 5.02 Å². The summed E-state index contributed by atoms with van der Waals surface area (Å²) in [5, 5.41) is 0.694. The van der Waals surface area contributed by atoms with E-state index in [-0.39, 0.29) is 0 Å². The van der Waals surface area contributed by atoms with E-state index in [4.69, 9.17) is 25.8 Å². The number of halogens is 1. The van der Waals surface area contributed by atoms with Crippen LogP contribution in [0.1, 0.15) is 0 Å². The standard InChI is InChI=1S/C15H15ClO3/c1-17-14-3-2-4-15(11-14)19-10-9-18-13-7-5-12(16)6-8-13/h2-8,11H,9-10H2,1H3. The number of ether oxygens (including phenoxy) is 3. The first-order valence-electron chi connectivity index (χ1n) is 5.93. The van der Waals surface area contributed by atoms with E-state index in [1.165, 1.54) is 0 Å². The Bertz CT molecular complexity index is 511. The average Bonchev–Trinajstić information content (AvgIpc) is 2.46. The Morgan fingerprint density at radius 3 is 2.16 bits per heavy atom. The van der Waals surface area contributed by atoms with E-state index in [1.807, 2.05) is 36.4 Å². The Hall–Kier alpha value is -1.87. The Kier molecular flexibility index (Phi) is 4.93. The fourth-order valence-electron chi connectivity index (χ4n) is 1.54. The monoisotopic (exact) mass is 278 g/mol. The third-order valence-corrected chi connectivity index (χ3v) is 2.73. The lowest BCUT2D eigenvalue weighted by atomic mass is 10.3. The predicted octanol–water partition coefficient (Wildman–Crippen LogP) is 3.81. The van der Waals surface area contributed by atoms with Crippen molar-refractivity contribution in [2.45, 2.75) is 0 Å². The molecule has 0 fully saturated rings. The second-order valence-corrected chi connectivity index (χ2v) is 4.27. The van der Waals surface area contributed by atoms with Gasteiger partial charge in [0, 0.05) is 11.1 Å². The van der Waals surface area contributed by atoms with Gasteiger partial charge < -0.3 is 14.2 Å². The summed E-state index contributed by atoms with van der Waals surface area (Å²) in [6, 6.07) is 14.7. The highest BCUT2D eigenvalue weighted by Gasteiger charge is 1.98. The van der Waals surface area contributed by atoms with Gasteiger partial charge in [-0.1, -0.05) is 17.7 Å². The molecule has 0 atom stereocenters. The normalized spacial score (nSPS) is 10.0. The van der Waals surface area contributed by atoms with Gasteiger partial charge in [-0.05, 0) is 36.4 Å². The van der Waals surface area contributed by atoms with Crippen LogP contribution >= 0.6 is 11.6 Å². The maximum Gasteiger partial charge on any atom is 0.123 e. The largest absolute Gasteiger partial charge is 0.497 e. The lowest BCUT2D eigenvalue weighted by Crippen LogP contribution is -2.08. The van der Waals surface area contributed by atoms with Crippen molar-refractivity contribution in [1.29, 1.82) is 0 Å². The summed E-state index contributed by atoms with van der Waals surface area (Å²) in [4.78, 5) is 0.